The predicted molar refractivity (Wildman–Crippen MR) is 57.1 cm³/mol. The molecule has 15 heavy (non-hydrogen) atoms. The van der Waals surface area contributed by atoms with Gasteiger partial charge in [0, 0.05) is 13.1 Å². The molecule has 0 radical (unpaired) electrons. The van der Waals surface area contributed by atoms with Crippen molar-refractivity contribution in [2.45, 2.75) is 39.8 Å². The average molecular weight is 213 g/mol. The molecular formula is C12H20FNO. The summed E-state index contributed by atoms with van der Waals surface area (Å²) in [7, 11) is 0. The summed E-state index contributed by atoms with van der Waals surface area (Å²) in [5, 5.41) is 0. The normalized spacial score (nSPS) is 39.9. The lowest BCUT2D eigenvalue weighted by Crippen LogP contribution is -2.34. The molecule has 2 fully saturated rings. The number of carbonyl (C=O) groups excluding carboxylic acids is 1. The maximum Gasteiger partial charge on any atom is 0.228 e. The second-order valence-corrected chi connectivity index (χ2v) is 5.68. The summed E-state index contributed by atoms with van der Waals surface area (Å²) in [6, 6.07) is 0. The molecule has 3 heteroatoms. The molecule has 86 valence electrons. The lowest BCUT2D eigenvalue weighted by Gasteiger charge is -2.28. The Morgan fingerprint density at radius 2 is 2.13 bits per heavy atom. The minimum Gasteiger partial charge on any atom is -0.342 e. The van der Waals surface area contributed by atoms with E-state index in [0.717, 1.165) is 19.5 Å². The summed E-state index contributed by atoms with van der Waals surface area (Å²) in [6.45, 7) is 8.25. The Bertz CT molecular complexity index is 279. The van der Waals surface area contributed by atoms with Gasteiger partial charge in [-0.2, -0.15) is 0 Å². The second kappa shape index (κ2) is 3.46. The third kappa shape index (κ3) is 1.88. The summed E-state index contributed by atoms with van der Waals surface area (Å²) in [4.78, 5) is 13.7. The highest BCUT2D eigenvalue weighted by Gasteiger charge is 2.48. The van der Waals surface area contributed by atoms with E-state index in [4.69, 9.17) is 0 Å². The van der Waals surface area contributed by atoms with Gasteiger partial charge in [-0.05, 0) is 24.2 Å². The molecule has 0 aromatic heterocycles. The number of nitrogens with zero attached hydrogens (tertiary/aromatic N) is 1. The predicted octanol–water partition coefficient (Wildman–Crippen LogP) is 2.24. The fourth-order valence-corrected chi connectivity index (χ4v) is 2.30. The van der Waals surface area contributed by atoms with Crippen molar-refractivity contribution in [1.82, 2.24) is 4.90 Å². The van der Waals surface area contributed by atoms with Gasteiger partial charge in [0.25, 0.3) is 0 Å². The zero-order valence-corrected chi connectivity index (χ0v) is 9.79. The van der Waals surface area contributed by atoms with E-state index in [2.05, 4.69) is 20.8 Å². The van der Waals surface area contributed by atoms with Crippen LogP contribution in [0.15, 0.2) is 0 Å². The highest BCUT2D eigenvalue weighted by atomic mass is 19.1. The highest BCUT2D eigenvalue weighted by Crippen LogP contribution is 2.41. The maximum absolute atomic E-state index is 12.8. The number of carbonyl (C=O) groups is 1. The fraction of sp³-hybridized carbons (Fsp3) is 0.917. The first-order valence-electron chi connectivity index (χ1n) is 5.87. The summed E-state index contributed by atoms with van der Waals surface area (Å²) < 4.78 is 12.8. The highest BCUT2D eigenvalue weighted by molar-refractivity contribution is 5.82. The summed E-state index contributed by atoms with van der Waals surface area (Å²) in [5.74, 6) is 0.321. The molecule has 1 aliphatic carbocycles. The molecule has 0 aromatic carbocycles. The van der Waals surface area contributed by atoms with Gasteiger partial charge in [0.05, 0.1) is 5.92 Å². The molecule has 0 spiro atoms. The number of halogens is 1. The first-order valence-corrected chi connectivity index (χ1v) is 5.87. The van der Waals surface area contributed by atoms with Gasteiger partial charge in [-0.15, -0.1) is 0 Å². The number of likely N-dealkylation sites (tertiary alicyclic amines) is 1. The van der Waals surface area contributed by atoms with Crippen molar-refractivity contribution >= 4 is 5.91 Å². The molecule has 1 saturated carbocycles. The van der Waals surface area contributed by atoms with Crippen LogP contribution in [0, 0.1) is 17.3 Å². The SMILES string of the molecule is CC(C)[C@@]1(C)CCN(C(=O)[C@@H]2C[C@H]2F)C1. The van der Waals surface area contributed by atoms with Crippen molar-refractivity contribution < 1.29 is 9.18 Å². The van der Waals surface area contributed by atoms with E-state index in [0.29, 0.717) is 12.3 Å². The number of hydrogen-bond acceptors (Lipinski definition) is 1. The van der Waals surface area contributed by atoms with Crippen LogP contribution in [0.25, 0.3) is 0 Å². The Hall–Kier alpha value is -0.600. The number of alkyl halides is 1. The Kier molecular flexibility index (Phi) is 2.52. The summed E-state index contributed by atoms with van der Waals surface area (Å²) >= 11 is 0. The molecular weight excluding hydrogens is 193 g/mol. The molecule has 0 aromatic rings. The average Bonchev–Trinajstić information content (AvgIpc) is 2.73. The van der Waals surface area contributed by atoms with Gasteiger partial charge in [-0.3, -0.25) is 4.79 Å². The monoisotopic (exact) mass is 213 g/mol. The molecule has 0 unspecified atom stereocenters. The molecule has 0 bridgehead atoms. The van der Waals surface area contributed by atoms with E-state index >= 15 is 0 Å². The largest absolute Gasteiger partial charge is 0.342 e. The molecule has 0 N–H and O–H groups in total. The smallest absolute Gasteiger partial charge is 0.228 e. The van der Waals surface area contributed by atoms with Gasteiger partial charge in [0.15, 0.2) is 0 Å². The Labute approximate surface area is 90.8 Å². The molecule has 1 aliphatic heterocycles. The number of hydrogen-bond donors (Lipinski definition) is 0. The van der Waals surface area contributed by atoms with Crippen molar-refractivity contribution in [1.29, 1.82) is 0 Å². The molecule has 1 heterocycles. The number of amides is 1. The molecule has 3 atom stereocenters. The van der Waals surface area contributed by atoms with E-state index in [1.54, 1.807) is 0 Å². The molecule has 1 amide bonds. The lowest BCUT2D eigenvalue weighted by atomic mass is 9.78. The van der Waals surface area contributed by atoms with Crippen molar-refractivity contribution in [3.8, 4) is 0 Å². The van der Waals surface area contributed by atoms with Crippen LogP contribution < -0.4 is 0 Å². The van der Waals surface area contributed by atoms with Gasteiger partial charge in [0.1, 0.15) is 6.17 Å². The quantitative estimate of drug-likeness (QED) is 0.689. The summed E-state index contributed by atoms with van der Waals surface area (Å²) in [5.41, 5.74) is 0.232. The van der Waals surface area contributed by atoms with Crippen molar-refractivity contribution in [2.24, 2.45) is 17.3 Å². The lowest BCUT2D eigenvalue weighted by molar-refractivity contribution is -0.132. The van der Waals surface area contributed by atoms with Crippen LogP contribution >= 0.6 is 0 Å². The molecule has 1 saturated heterocycles. The first kappa shape index (κ1) is 10.9. The van der Waals surface area contributed by atoms with E-state index in [-0.39, 0.29) is 17.2 Å². The second-order valence-electron chi connectivity index (χ2n) is 5.68. The van der Waals surface area contributed by atoms with E-state index in [9.17, 15) is 9.18 Å². The van der Waals surface area contributed by atoms with Crippen molar-refractivity contribution in [3.63, 3.8) is 0 Å². The van der Waals surface area contributed by atoms with Crippen LogP contribution in [0.4, 0.5) is 4.39 Å². The van der Waals surface area contributed by atoms with Crippen LogP contribution in [0.1, 0.15) is 33.6 Å². The third-order valence-electron chi connectivity index (χ3n) is 4.24. The van der Waals surface area contributed by atoms with Gasteiger partial charge in [0.2, 0.25) is 5.91 Å². The van der Waals surface area contributed by atoms with Crippen LogP contribution in [-0.4, -0.2) is 30.1 Å². The minimum atomic E-state index is -0.858. The van der Waals surface area contributed by atoms with Crippen LogP contribution in [-0.2, 0) is 4.79 Å². The van der Waals surface area contributed by atoms with E-state index in [1.165, 1.54) is 0 Å². The van der Waals surface area contributed by atoms with Crippen LogP contribution in [0.5, 0.6) is 0 Å². The standard InChI is InChI=1S/C12H20FNO/c1-8(2)12(3)4-5-14(7-12)11(15)9-6-10(9)13/h8-10H,4-7H2,1-3H3/t9-,10-,12+/m1/s1. The van der Waals surface area contributed by atoms with Gasteiger partial charge < -0.3 is 4.90 Å². The Balaban J connectivity index is 1.95. The molecule has 2 aliphatic rings. The van der Waals surface area contributed by atoms with Crippen LogP contribution in [0.3, 0.4) is 0 Å². The third-order valence-corrected chi connectivity index (χ3v) is 4.24. The fourth-order valence-electron chi connectivity index (χ4n) is 2.30. The molecule has 2 nitrogen and oxygen atoms in total. The van der Waals surface area contributed by atoms with Gasteiger partial charge in [-0.25, -0.2) is 4.39 Å². The van der Waals surface area contributed by atoms with Crippen LogP contribution in [0.2, 0.25) is 0 Å². The van der Waals surface area contributed by atoms with E-state index in [1.807, 2.05) is 4.90 Å². The minimum absolute atomic E-state index is 0.0480. The van der Waals surface area contributed by atoms with E-state index < -0.39 is 6.17 Å². The maximum atomic E-state index is 12.8. The zero-order chi connectivity index (χ0) is 11.2. The van der Waals surface area contributed by atoms with Gasteiger partial charge in [-0.1, -0.05) is 20.8 Å². The van der Waals surface area contributed by atoms with Crippen molar-refractivity contribution in [3.05, 3.63) is 0 Å². The zero-order valence-electron chi connectivity index (χ0n) is 9.79. The van der Waals surface area contributed by atoms with Crippen molar-refractivity contribution in [2.75, 3.05) is 13.1 Å². The number of rotatable bonds is 2. The van der Waals surface area contributed by atoms with Gasteiger partial charge >= 0.3 is 0 Å². The first-order chi connectivity index (χ1) is 6.94. The Morgan fingerprint density at radius 1 is 1.53 bits per heavy atom. The molecule has 2 rings (SSSR count). The summed E-state index contributed by atoms with van der Waals surface area (Å²) in [6.07, 6.45) is 0.650. The topological polar surface area (TPSA) is 20.3 Å². The Morgan fingerprint density at radius 3 is 2.53 bits per heavy atom.